The van der Waals surface area contributed by atoms with Crippen molar-refractivity contribution in [2.24, 2.45) is 0 Å². The molecule has 0 aliphatic carbocycles. The molecular weight excluding hydrogens is 1860 g/mol. The minimum Gasteiger partial charge on any atom is -0.476 e. The lowest BCUT2D eigenvalue weighted by Gasteiger charge is -2.30. The van der Waals surface area contributed by atoms with Gasteiger partial charge in [0.1, 0.15) is 74.1 Å². The molecule has 5 N–H and O–H groups in total. The Morgan fingerprint density at radius 3 is 1.13 bits per heavy atom. The van der Waals surface area contributed by atoms with Gasteiger partial charge in [-0.05, 0) is 195 Å². The molecule has 0 saturated heterocycles. The van der Waals surface area contributed by atoms with E-state index >= 15 is 0 Å². The number of nitrogens with one attached hydrogen (secondary N) is 1. The molecule has 10 aromatic heterocycles. The average molecular weight is 1980 g/mol. The Balaban J connectivity index is 0.000000165. The highest BCUT2D eigenvalue weighted by atomic mass is 79.9. The molecule has 0 unspecified atom stereocenters. The monoisotopic (exact) mass is 1980 g/mol. The smallest absolute Gasteiger partial charge is 0.415 e. The summed E-state index contributed by atoms with van der Waals surface area (Å²) < 4.78 is 59.8. The number of aromatic nitrogens is 18. The fourth-order valence-corrected chi connectivity index (χ4v) is 14.1. The number of anilines is 7. The summed E-state index contributed by atoms with van der Waals surface area (Å²) in [6, 6.07) is 25.8. The number of nitrogens with zero attached hydrogens (tertiary/aromatic N) is 23. The van der Waals surface area contributed by atoms with Crippen LogP contribution in [0.15, 0.2) is 120 Å². The minimum absolute atomic E-state index is 0.00806. The van der Waals surface area contributed by atoms with Gasteiger partial charge in [0.05, 0.1) is 21.3 Å². The van der Waals surface area contributed by atoms with E-state index in [0.717, 1.165) is 79.8 Å². The number of benzene rings is 1. The maximum atomic E-state index is 12.4. The number of carbonyl (C=O) groups is 11. The molecule has 48 heteroatoms. The van der Waals surface area contributed by atoms with E-state index in [0.29, 0.717) is 111 Å². The highest BCUT2D eigenvalue weighted by molar-refractivity contribution is 9.10. The van der Waals surface area contributed by atoms with Crippen LogP contribution in [0.5, 0.6) is 0 Å². The van der Waals surface area contributed by atoms with E-state index in [-0.39, 0.29) is 47.5 Å². The minimum atomic E-state index is -1.11. The second-order valence-electron chi connectivity index (χ2n) is 36.3. The lowest BCUT2D eigenvalue weighted by molar-refractivity contribution is 0.0561. The van der Waals surface area contributed by atoms with E-state index in [4.69, 9.17) is 44.4 Å². The number of carboxylic acids is 2. The first-order valence-electron chi connectivity index (χ1n) is 44.2. The summed E-state index contributed by atoms with van der Waals surface area (Å²) in [5.74, 6) is 0.419. The molecule has 11 aromatic rings. The Morgan fingerprint density at radius 1 is 0.377 bits per heavy atom. The molecule has 0 radical (unpaired) electrons. The number of carboxylic acid groups (broad SMARTS) is 2. The van der Waals surface area contributed by atoms with Gasteiger partial charge in [-0.3, -0.25) is 34.5 Å². The van der Waals surface area contributed by atoms with Crippen molar-refractivity contribution >= 4 is 134 Å². The van der Waals surface area contributed by atoms with Crippen molar-refractivity contribution in [2.45, 2.75) is 229 Å². The number of methoxy groups -OCH3 is 3. The molecule has 0 fully saturated rings. The normalized spacial score (nSPS) is 14.0. The molecule has 0 atom stereocenters. The third-order valence-corrected chi connectivity index (χ3v) is 19.8. The summed E-state index contributed by atoms with van der Waals surface area (Å²) in [7, 11) is 3.99. The van der Waals surface area contributed by atoms with Crippen LogP contribution in [0.2, 0.25) is 0 Å². The van der Waals surface area contributed by atoms with Gasteiger partial charge in [-0.1, -0.05) is 30.3 Å². The van der Waals surface area contributed by atoms with E-state index < -0.39 is 76.3 Å². The van der Waals surface area contributed by atoms with Crippen molar-refractivity contribution in [3.05, 3.63) is 160 Å². The molecule has 16 heterocycles. The summed E-state index contributed by atoms with van der Waals surface area (Å²) in [6.07, 6.45) is 11.3. The number of rotatable bonds is 8. The average Bonchev–Trinajstić information content (AvgIpc) is 1.67. The number of amides is 6. The quantitative estimate of drug-likeness (QED) is 0.0810. The van der Waals surface area contributed by atoms with Crippen LogP contribution in [-0.4, -0.2) is 247 Å². The van der Waals surface area contributed by atoms with Gasteiger partial charge in [-0.2, -0.15) is 40.8 Å². The second-order valence-corrected chi connectivity index (χ2v) is 37.1. The topological polar surface area (TPSA) is 533 Å². The molecule has 47 nitrogen and oxygen atoms in total. The van der Waals surface area contributed by atoms with Gasteiger partial charge in [0, 0.05) is 145 Å². The third-order valence-electron chi connectivity index (χ3n) is 19.4. The van der Waals surface area contributed by atoms with Crippen molar-refractivity contribution in [1.29, 1.82) is 0 Å². The lowest BCUT2D eigenvalue weighted by Crippen LogP contribution is -2.41. The predicted molar refractivity (Wildman–Crippen MR) is 504 cm³/mol. The van der Waals surface area contributed by atoms with E-state index in [1.807, 2.05) is 135 Å². The number of nitrogen functional groups attached to an aromatic ring is 1. The molecule has 6 aliphatic rings. The summed E-state index contributed by atoms with van der Waals surface area (Å²) in [5, 5.41) is 52.8. The number of halogens is 1. The Hall–Kier alpha value is -15.0. The Bertz CT molecular complexity index is 5940. The zero-order valence-electron chi connectivity index (χ0n) is 80.4. The van der Waals surface area contributed by atoms with Gasteiger partial charge >= 0.3 is 66.4 Å². The van der Waals surface area contributed by atoms with Gasteiger partial charge in [0.25, 0.3) is 0 Å². The van der Waals surface area contributed by atoms with Gasteiger partial charge in [0.15, 0.2) is 45.6 Å². The molecule has 138 heavy (non-hydrogen) atoms. The van der Waals surface area contributed by atoms with Gasteiger partial charge in [-0.15, -0.1) is 0 Å². The predicted octanol–water partition coefficient (Wildman–Crippen LogP) is 13.7. The van der Waals surface area contributed by atoms with Crippen LogP contribution in [0.25, 0.3) is 11.3 Å². The van der Waals surface area contributed by atoms with Crippen molar-refractivity contribution in [1.82, 2.24) is 87.9 Å². The molecular formula is C90H118BrN25O22. The summed E-state index contributed by atoms with van der Waals surface area (Å²) in [4.78, 5) is 143. The van der Waals surface area contributed by atoms with Crippen molar-refractivity contribution in [3.63, 3.8) is 0 Å². The zero-order chi connectivity index (χ0) is 101. The highest BCUT2D eigenvalue weighted by Crippen LogP contribution is 2.32. The Kier molecular flexibility index (Phi) is 35.0. The Labute approximate surface area is 802 Å². The van der Waals surface area contributed by atoms with Gasteiger partial charge in [-0.25, -0.2) is 95.1 Å². The van der Waals surface area contributed by atoms with E-state index in [1.54, 1.807) is 106 Å². The fourth-order valence-electron chi connectivity index (χ4n) is 13.7. The van der Waals surface area contributed by atoms with Crippen LogP contribution >= 0.6 is 15.9 Å². The number of nitrogens with two attached hydrogens (primary N) is 1. The third kappa shape index (κ3) is 30.2. The zero-order valence-corrected chi connectivity index (χ0v) is 82.0. The van der Waals surface area contributed by atoms with Crippen LogP contribution in [-0.2, 0) is 94.9 Å². The molecule has 1 aromatic carbocycles. The number of carbonyl (C=O) groups excluding carboxylic acids is 9. The number of fused-ring (bicyclic) bond motifs is 8. The largest absolute Gasteiger partial charge is 0.476 e. The van der Waals surface area contributed by atoms with Crippen LogP contribution in [0.3, 0.4) is 0 Å². The van der Waals surface area contributed by atoms with Crippen molar-refractivity contribution < 1.29 is 106 Å². The maximum Gasteiger partial charge on any atom is 0.415 e. The van der Waals surface area contributed by atoms with Crippen LogP contribution in [0.1, 0.15) is 213 Å². The van der Waals surface area contributed by atoms with E-state index in [1.165, 1.54) is 68.3 Å². The number of hydrogen-bond donors (Lipinski definition) is 4. The first kappa shape index (κ1) is 105. The summed E-state index contributed by atoms with van der Waals surface area (Å²) in [5.41, 5.74) is 6.97. The number of esters is 3. The number of aryl methyl sites for hydroxylation is 7. The standard InChI is InChI=1S/C19H24N4O4.C13H19N3O4.C12H17N3O4.C11H16BrN3O2.C11H18N4O2.C9H12N2O2.C8H7N3O2.C7H5N3O2/c1-19(2,3)27-18(25)22-10-7-11-23-16(22)12-15(21-23)20-17(24)26-13-14-8-5-4-6-9-14;1-13(2,3)20-12(18)15-6-5-7-16-10(15)8-9(14-16)11(17)19-4;1-12(2,3)19-11(18)14-5-4-6-15-9(14)7-8(13-15)10(16)17;2*1-11(2,3)17-10(16)14-5-4-6-15-9(14)7-8(12)13-15;1-13-9(12)8-6-7-4-2-3-5-11(7)10-8;1-13-8(12)6-5-7-9-3-2-4-11(7)10-6;11-7(12)5-4-6-8-2-1-3-10(6)9-5/h4-6,8-9,12H,7,10-11,13H2,1-3H3,(H,20,21,24);8H,5-7H2,1-4H3;7H,4-6H2,1-3H3,(H,16,17);7H,4-6H2,1-3H3;7H,4-6H2,1-3H3,(H2,12,13);6H,2-5H2,1H3;2-5H,1H3;1-4H,(H,11,12). The molecule has 0 bridgehead atoms. The SMILES string of the molecule is CC(C)(C)OC(=O)N1CCCn2nc(Br)cc21.CC(C)(C)OC(=O)N1CCCn2nc(C(=O)O)cc21.CC(C)(C)OC(=O)N1CCCn2nc(N)cc21.CC(C)(C)OC(=O)N1CCCn2nc(NC(=O)OCc3ccccc3)cc21.COC(=O)c1cc2n(n1)CCCC2.COC(=O)c1cc2n(n1)CCCN2C(=O)OC(C)(C)C.COC(=O)c1cc2ncccn2n1.O=C(O)c1cc2ncccn2n1. The fraction of sp³-hybridized carbons (Fsp3) is 0.478. The first-order chi connectivity index (χ1) is 65.0. The Morgan fingerprint density at radius 2 is 0.717 bits per heavy atom. The van der Waals surface area contributed by atoms with Gasteiger partial charge in [0.2, 0.25) is 0 Å². The summed E-state index contributed by atoms with van der Waals surface area (Å²) >= 11 is 3.32. The van der Waals surface area contributed by atoms with Crippen LogP contribution in [0.4, 0.5) is 69.5 Å². The molecule has 17 rings (SSSR count). The van der Waals surface area contributed by atoms with Crippen LogP contribution in [0, 0.1) is 0 Å². The lowest BCUT2D eigenvalue weighted by atomic mass is 10.1. The van der Waals surface area contributed by atoms with E-state index in [9.17, 15) is 52.7 Å². The number of ether oxygens (including phenoxy) is 9. The molecule has 6 amide bonds. The van der Waals surface area contributed by atoms with Crippen molar-refractivity contribution in [2.75, 3.05) is 89.6 Å². The van der Waals surface area contributed by atoms with Crippen molar-refractivity contribution in [3.8, 4) is 0 Å². The highest BCUT2D eigenvalue weighted by Gasteiger charge is 2.36. The van der Waals surface area contributed by atoms with Gasteiger partial charge < -0.3 is 58.6 Å². The molecule has 742 valence electrons. The molecule has 0 spiro atoms. The molecule has 0 saturated carbocycles. The van der Waals surface area contributed by atoms with Crippen LogP contribution < -0.4 is 35.6 Å². The number of aromatic carboxylic acids is 2. The molecule has 6 aliphatic heterocycles. The number of hydrogen-bond acceptors (Lipinski definition) is 31. The van der Waals surface area contributed by atoms with E-state index in [2.05, 4.69) is 86.2 Å². The second kappa shape index (κ2) is 46.0. The maximum absolute atomic E-state index is 12.4. The summed E-state index contributed by atoms with van der Waals surface area (Å²) in [6.45, 7) is 34.9. The first-order valence-corrected chi connectivity index (χ1v) is 45.0.